The lowest BCUT2D eigenvalue weighted by atomic mass is 9.71. The zero-order chi connectivity index (χ0) is 27.2. The van der Waals surface area contributed by atoms with Crippen molar-refractivity contribution in [3.63, 3.8) is 0 Å². The molecule has 8 heteroatoms. The molecule has 8 nitrogen and oxygen atoms in total. The van der Waals surface area contributed by atoms with Crippen LogP contribution >= 0.6 is 0 Å². The number of rotatable bonds is 8. The fourth-order valence-corrected chi connectivity index (χ4v) is 7.32. The predicted molar refractivity (Wildman–Crippen MR) is 147 cm³/mol. The first-order valence-electron chi connectivity index (χ1n) is 15.1. The van der Waals surface area contributed by atoms with Gasteiger partial charge in [-0.2, -0.15) is 0 Å². The van der Waals surface area contributed by atoms with Crippen LogP contribution < -0.4 is 5.32 Å². The van der Waals surface area contributed by atoms with Crippen molar-refractivity contribution in [1.29, 1.82) is 0 Å². The molecule has 4 aliphatic rings. The normalized spacial score (nSPS) is 36.8. The highest BCUT2D eigenvalue weighted by Gasteiger charge is 2.48. The highest BCUT2D eigenvalue weighted by molar-refractivity contribution is 5.87. The Morgan fingerprint density at radius 2 is 1.76 bits per heavy atom. The fraction of sp³-hybridized carbons (Fsp3) is 0.867. The maximum atomic E-state index is 13.9. The minimum Gasteiger partial charge on any atom is -0.393 e. The average molecular weight is 534 g/mol. The number of fused-ring (bicyclic) bond motifs is 1. The molecule has 0 aromatic carbocycles. The zero-order valence-electron chi connectivity index (χ0n) is 23.8. The highest BCUT2D eigenvalue weighted by Crippen LogP contribution is 2.39. The van der Waals surface area contributed by atoms with E-state index in [0.717, 1.165) is 45.1 Å². The number of likely N-dealkylation sites (N-methyl/N-ethyl adjacent to an activating group) is 1. The Kier molecular flexibility index (Phi) is 10.7. The number of carbonyl (C=O) groups excluding carboxylic acids is 2. The number of aliphatic hydroxyl groups excluding tert-OH is 2. The predicted octanol–water partition coefficient (Wildman–Crippen LogP) is 2.58. The zero-order valence-corrected chi connectivity index (χ0v) is 23.8. The summed E-state index contributed by atoms with van der Waals surface area (Å²) in [7, 11) is 3.94. The monoisotopic (exact) mass is 533 g/mol. The van der Waals surface area contributed by atoms with Gasteiger partial charge in [0.1, 0.15) is 0 Å². The molecule has 1 aliphatic heterocycles. The van der Waals surface area contributed by atoms with E-state index in [9.17, 15) is 19.8 Å². The Labute approximate surface area is 229 Å². The summed E-state index contributed by atoms with van der Waals surface area (Å²) in [5.41, 5.74) is 0. The van der Waals surface area contributed by atoms with Crippen LogP contribution in [0.15, 0.2) is 12.2 Å². The average Bonchev–Trinajstić information content (AvgIpc) is 2.89. The third kappa shape index (κ3) is 7.58. The van der Waals surface area contributed by atoms with Crippen molar-refractivity contribution in [1.82, 2.24) is 15.1 Å². The van der Waals surface area contributed by atoms with Crippen LogP contribution in [0.25, 0.3) is 0 Å². The minimum atomic E-state index is -0.893. The van der Waals surface area contributed by atoms with E-state index in [1.54, 1.807) is 6.08 Å². The van der Waals surface area contributed by atoms with Gasteiger partial charge in [-0.1, -0.05) is 32.3 Å². The summed E-state index contributed by atoms with van der Waals surface area (Å²) < 4.78 is 6.39. The first kappa shape index (κ1) is 29.5. The second-order valence-corrected chi connectivity index (χ2v) is 12.8. The van der Waals surface area contributed by atoms with E-state index in [2.05, 4.69) is 5.32 Å². The lowest BCUT2D eigenvalue weighted by Gasteiger charge is -2.47. The third-order valence-electron chi connectivity index (χ3n) is 9.67. The summed E-state index contributed by atoms with van der Waals surface area (Å²) in [5.74, 6) is 0.536. The van der Waals surface area contributed by atoms with Gasteiger partial charge < -0.3 is 30.1 Å². The molecule has 38 heavy (non-hydrogen) atoms. The van der Waals surface area contributed by atoms with E-state index in [-0.39, 0.29) is 30.2 Å². The summed E-state index contributed by atoms with van der Waals surface area (Å²) in [5, 5.41) is 24.8. The Morgan fingerprint density at radius 3 is 2.50 bits per heavy atom. The second kappa shape index (κ2) is 13.7. The Balaban J connectivity index is 1.36. The molecule has 8 atom stereocenters. The van der Waals surface area contributed by atoms with Crippen LogP contribution in [0.3, 0.4) is 0 Å². The van der Waals surface area contributed by atoms with E-state index < -0.39 is 24.2 Å². The van der Waals surface area contributed by atoms with Crippen LogP contribution in [-0.4, -0.2) is 96.5 Å². The quantitative estimate of drug-likeness (QED) is 0.415. The van der Waals surface area contributed by atoms with Gasteiger partial charge in [-0.05, 0) is 70.4 Å². The van der Waals surface area contributed by atoms with E-state index in [1.165, 1.54) is 19.3 Å². The molecule has 0 bridgehead atoms. The summed E-state index contributed by atoms with van der Waals surface area (Å²) in [6.07, 6.45) is 11.6. The number of carbonyl (C=O) groups is 2. The number of amides is 2. The van der Waals surface area contributed by atoms with Crippen LogP contribution in [-0.2, 0) is 14.3 Å². The number of nitrogens with zero attached hydrogens (tertiary/aromatic N) is 2. The van der Waals surface area contributed by atoms with Gasteiger partial charge in [-0.3, -0.25) is 9.59 Å². The van der Waals surface area contributed by atoms with Gasteiger partial charge in [0.25, 0.3) is 0 Å². The van der Waals surface area contributed by atoms with E-state index in [4.69, 9.17) is 4.74 Å². The number of hydrogen-bond acceptors (Lipinski definition) is 6. The van der Waals surface area contributed by atoms with E-state index in [0.29, 0.717) is 37.5 Å². The number of piperidine rings is 1. The first-order chi connectivity index (χ1) is 18.2. The van der Waals surface area contributed by atoms with Crippen molar-refractivity contribution in [2.75, 3.05) is 40.3 Å². The summed E-state index contributed by atoms with van der Waals surface area (Å²) in [6, 6.07) is 0.129. The standard InChI is InChI=1S/C30H51N3O5/c1-20-25(34)17-26(35)28(29(20)38-19-21-8-5-4-6-9-21)30(37)33-15-13-22-11-12-24(16-23(22)18-33)31-27(36)10-7-14-32(2)3/h7,10,20-26,28-29,34-35H,4-6,8-9,11-19H2,1-3H3,(H,31,36)/b10-7+. The molecule has 0 aromatic rings. The first-order valence-corrected chi connectivity index (χ1v) is 15.1. The van der Waals surface area contributed by atoms with Gasteiger partial charge in [-0.15, -0.1) is 0 Å². The highest BCUT2D eigenvalue weighted by atomic mass is 16.5. The molecule has 0 aromatic heterocycles. The van der Waals surface area contributed by atoms with Gasteiger partial charge in [0.05, 0.1) is 24.2 Å². The molecule has 1 saturated heterocycles. The Bertz CT molecular complexity index is 814. The van der Waals surface area contributed by atoms with Crippen LogP contribution in [0, 0.1) is 29.6 Å². The SMILES string of the molecule is CC1C(O)CC(O)C(C(=O)N2CCC3CCC(NC(=O)/C=C/CN(C)C)CC3C2)C1OCC1CCCCC1. The minimum absolute atomic E-state index is 0.0267. The number of nitrogens with one attached hydrogen (secondary N) is 1. The maximum absolute atomic E-state index is 13.9. The van der Waals surface area contributed by atoms with Gasteiger partial charge in [-0.25, -0.2) is 0 Å². The van der Waals surface area contributed by atoms with E-state index >= 15 is 0 Å². The molecular formula is C30H51N3O5. The van der Waals surface area contributed by atoms with Gasteiger partial charge in [0.15, 0.2) is 0 Å². The van der Waals surface area contributed by atoms with Crippen molar-refractivity contribution in [2.45, 2.75) is 95.5 Å². The van der Waals surface area contributed by atoms with Crippen LogP contribution in [0.5, 0.6) is 0 Å². The van der Waals surface area contributed by atoms with Crippen LogP contribution in [0.1, 0.15) is 71.1 Å². The molecule has 4 rings (SSSR count). The molecule has 2 amide bonds. The Morgan fingerprint density at radius 1 is 1.00 bits per heavy atom. The van der Waals surface area contributed by atoms with Gasteiger partial charge in [0.2, 0.25) is 11.8 Å². The van der Waals surface area contributed by atoms with Crippen molar-refractivity contribution >= 4 is 11.8 Å². The second-order valence-electron chi connectivity index (χ2n) is 12.8. The Hall–Kier alpha value is -1.48. The molecule has 3 N–H and O–H groups in total. The third-order valence-corrected chi connectivity index (χ3v) is 9.67. The summed E-state index contributed by atoms with van der Waals surface area (Å²) >= 11 is 0. The number of likely N-dealkylation sites (tertiary alicyclic amines) is 1. The topological polar surface area (TPSA) is 102 Å². The van der Waals surface area contributed by atoms with Crippen molar-refractivity contribution < 1.29 is 24.5 Å². The van der Waals surface area contributed by atoms with Crippen molar-refractivity contribution in [2.24, 2.45) is 29.6 Å². The largest absolute Gasteiger partial charge is 0.393 e. The molecule has 3 aliphatic carbocycles. The lowest BCUT2D eigenvalue weighted by molar-refractivity contribution is -0.172. The smallest absolute Gasteiger partial charge is 0.243 e. The molecule has 1 heterocycles. The van der Waals surface area contributed by atoms with Crippen molar-refractivity contribution in [3.05, 3.63) is 12.2 Å². The molecule has 0 spiro atoms. The molecular weight excluding hydrogens is 482 g/mol. The summed E-state index contributed by atoms with van der Waals surface area (Å²) in [6.45, 7) is 4.67. The molecule has 216 valence electrons. The lowest BCUT2D eigenvalue weighted by Crippen LogP contribution is -2.58. The fourth-order valence-electron chi connectivity index (χ4n) is 7.32. The van der Waals surface area contributed by atoms with Crippen LogP contribution in [0.4, 0.5) is 0 Å². The number of ether oxygens (including phenoxy) is 1. The molecule has 3 saturated carbocycles. The summed E-state index contributed by atoms with van der Waals surface area (Å²) in [4.78, 5) is 30.3. The molecule has 0 radical (unpaired) electrons. The van der Waals surface area contributed by atoms with Gasteiger partial charge >= 0.3 is 0 Å². The molecule has 8 unspecified atom stereocenters. The van der Waals surface area contributed by atoms with Gasteiger partial charge in [0, 0.05) is 50.7 Å². The van der Waals surface area contributed by atoms with Crippen molar-refractivity contribution in [3.8, 4) is 0 Å². The van der Waals surface area contributed by atoms with E-state index in [1.807, 2.05) is 36.9 Å². The maximum Gasteiger partial charge on any atom is 0.243 e. The van der Waals surface area contributed by atoms with Crippen LogP contribution in [0.2, 0.25) is 0 Å². The number of aliphatic hydroxyl groups is 2. The number of hydrogen-bond donors (Lipinski definition) is 3. The molecule has 4 fully saturated rings.